The van der Waals surface area contributed by atoms with Gasteiger partial charge in [0.15, 0.2) is 0 Å². The Morgan fingerprint density at radius 2 is 2.06 bits per heavy atom. The summed E-state index contributed by atoms with van der Waals surface area (Å²) >= 11 is 6.25. The highest BCUT2D eigenvalue weighted by molar-refractivity contribution is 6.18. The van der Waals surface area contributed by atoms with Crippen LogP contribution in [0, 0.1) is 5.41 Å². The van der Waals surface area contributed by atoms with Crippen LogP contribution in [-0.4, -0.2) is 13.0 Å². The number of unbranched alkanes of at least 4 members (excludes halogenated alkanes) is 1. The Labute approximate surface area is 116 Å². The monoisotopic (exact) mass is 268 g/mol. The van der Waals surface area contributed by atoms with E-state index in [9.17, 15) is 0 Å². The molecule has 0 aromatic heterocycles. The Kier molecular flexibility index (Phi) is 6.56. The number of ether oxygens (including phenoxy) is 1. The third-order valence-electron chi connectivity index (χ3n) is 3.81. The highest BCUT2D eigenvalue weighted by Gasteiger charge is 2.26. The highest BCUT2D eigenvalue weighted by Crippen LogP contribution is 2.35. The summed E-state index contributed by atoms with van der Waals surface area (Å²) in [6.45, 7) is 4.48. The first-order chi connectivity index (χ1) is 8.69. The molecule has 0 amide bonds. The molecule has 102 valence electrons. The summed E-state index contributed by atoms with van der Waals surface area (Å²) in [4.78, 5) is 0. The van der Waals surface area contributed by atoms with Crippen molar-refractivity contribution in [2.45, 2.75) is 46.0 Å². The molecule has 0 N–H and O–H groups in total. The fourth-order valence-electron chi connectivity index (χ4n) is 2.37. The van der Waals surface area contributed by atoms with Gasteiger partial charge in [-0.1, -0.05) is 38.8 Å². The molecule has 1 rings (SSSR count). The van der Waals surface area contributed by atoms with Crippen molar-refractivity contribution in [3.05, 3.63) is 29.8 Å². The summed E-state index contributed by atoms with van der Waals surface area (Å²) in [6, 6.07) is 8.35. The van der Waals surface area contributed by atoms with Crippen LogP contribution in [0.5, 0.6) is 5.75 Å². The molecule has 0 saturated heterocycles. The predicted molar refractivity (Wildman–Crippen MR) is 79.7 cm³/mol. The number of alkyl halides is 1. The minimum atomic E-state index is 0.240. The van der Waals surface area contributed by atoms with Crippen LogP contribution in [0.2, 0.25) is 0 Å². The van der Waals surface area contributed by atoms with Gasteiger partial charge in [-0.3, -0.25) is 0 Å². The highest BCUT2D eigenvalue weighted by atomic mass is 35.5. The van der Waals surface area contributed by atoms with Gasteiger partial charge in [-0.15, -0.1) is 11.6 Å². The molecule has 0 aliphatic heterocycles. The van der Waals surface area contributed by atoms with E-state index in [0.29, 0.717) is 0 Å². The van der Waals surface area contributed by atoms with Gasteiger partial charge in [0.2, 0.25) is 0 Å². The van der Waals surface area contributed by atoms with Crippen LogP contribution in [0.3, 0.4) is 0 Å². The van der Waals surface area contributed by atoms with Crippen LogP contribution in [0.4, 0.5) is 0 Å². The van der Waals surface area contributed by atoms with Crippen molar-refractivity contribution >= 4 is 11.6 Å². The van der Waals surface area contributed by atoms with Crippen LogP contribution in [0.1, 0.15) is 45.1 Å². The number of benzene rings is 1. The topological polar surface area (TPSA) is 9.23 Å². The number of halogens is 1. The molecule has 1 aromatic rings. The minimum Gasteiger partial charge on any atom is -0.497 e. The molecule has 0 radical (unpaired) electrons. The van der Waals surface area contributed by atoms with Gasteiger partial charge in [0.05, 0.1) is 7.11 Å². The van der Waals surface area contributed by atoms with Crippen LogP contribution in [-0.2, 0) is 6.42 Å². The minimum absolute atomic E-state index is 0.240. The Morgan fingerprint density at radius 1 is 1.28 bits per heavy atom. The lowest BCUT2D eigenvalue weighted by Crippen LogP contribution is -2.25. The zero-order valence-electron chi connectivity index (χ0n) is 11.8. The summed E-state index contributed by atoms with van der Waals surface area (Å²) in [5.41, 5.74) is 1.57. The summed E-state index contributed by atoms with van der Waals surface area (Å²) in [5, 5.41) is 0. The molecule has 1 nitrogen and oxygen atoms in total. The van der Waals surface area contributed by atoms with Crippen LogP contribution in [0.15, 0.2) is 24.3 Å². The lowest BCUT2D eigenvalue weighted by atomic mass is 9.77. The smallest absolute Gasteiger partial charge is 0.119 e. The van der Waals surface area contributed by atoms with Gasteiger partial charge in [-0.25, -0.2) is 0 Å². The zero-order chi connectivity index (χ0) is 13.4. The third kappa shape index (κ3) is 4.20. The lowest BCUT2D eigenvalue weighted by Gasteiger charge is -2.31. The Bertz CT molecular complexity index is 345. The molecule has 0 aliphatic rings. The lowest BCUT2D eigenvalue weighted by molar-refractivity contribution is 0.278. The summed E-state index contributed by atoms with van der Waals surface area (Å²) in [5.74, 6) is 1.67. The normalized spacial score (nSPS) is 14.2. The van der Waals surface area contributed by atoms with Crippen LogP contribution < -0.4 is 4.74 Å². The molecule has 18 heavy (non-hydrogen) atoms. The predicted octanol–water partition coefficient (Wildman–Crippen LogP) is 5.06. The first-order valence-electron chi connectivity index (χ1n) is 6.88. The van der Waals surface area contributed by atoms with E-state index in [1.54, 1.807) is 7.11 Å². The van der Waals surface area contributed by atoms with Crippen molar-refractivity contribution in [1.29, 1.82) is 0 Å². The average Bonchev–Trinajstić information content (AvgIpc) is 2.44. The molecule has 0 aliphatic carbocycles. The SMILES string of the molecule is CCCCC(CC)(CCl)Cc1cccc(OC)c1. The van der Waals surface area contributed by atoms with E-state index in [0.717, 1.165) is 24.5 Å². The fourth-order valence-corrected chi connectivity index (χ4v) is 2.78. The van der Waals surface area contributed by atoms with Crippen molar-refractivity contribution < 1.29 is 4.74 Å². The average molecular weight is 269 g/mol. The van der Waals surface area contributed by atoms with E-state index in [1.807, 2.05) is 6.07 Å². The summed E-state index contributed by atoms with van der Waals surface area (Å²) in [7, 11) is 1.71. The van der Waals surface area contributed by atoms with E-state index in [4.69, 9.17) is 16.3 Å². The van der Waals surface area contributed by atoms with Crippen molar-refractivity contribution in [2.75, 3.05) is 13.0 Å². The van der Waals surface area contributed by atoms with Crippen molar-refractivity contribution in [1.82, 2.24) is 0 Å². The largest absolute Gasteiger partial charge is 0.497 e. The van der Waals surface area contributed by atoms with Gasteiger partial charge in [0.1, 0.15) is 5.75 Å². The van der Waals surface area contributed by atoms with Crippen molar-refractivity contribution in [3.8, 4) is 5.75 Å². The van der Waals surface area contributed by atoms with E-state index >= 15 is 0 Å². The molecule has 0 bridgehead atoms. The Morgan fingerprint density at radius 3 is 2.61 bits per heavy atom. The Balaban J connectivity index is 2.81. The number of hydrogen-bond donors (Lipinski definition) is 0. The van der Waals surface area contributed by atoms with Crippen molar-refractivity contribution in [2.24, 2.45) is 5.41 Å². The molecule has 1 aromatic carbocycles. The fraction of sp³-hybridized carbons (Fsp3) is 0.625. The maximum absolute atomic E-state index is 6.25. The van der Waals surface area contributed by atoms with E-state index < -0.39 is 0 Å². The molecular formula is C16H25ClO. The Hall–Kier alpha value is -0.690. The maximum atomic E-state index is 6.25. The number of rotatable bonds is 8. The second-order valence-electron chi connectivity index (χ2n) is 5.12. The van der Waals surface area contributed by atoms with Gasteiger partial charge in [0, 0.05) is 5.88 Å². The molecule has 1 unspecified atom stereocenters. The first kappa shape index (κ1) is 15.4. The first-order valence-corrected chi connectivity index (χ1v) is 7.42. The number of methoxy groups -OCH3 is 1. The molecule has 0 spiro atoms. The second kappa shape index (κ2) is 7.68. The molecule has 0 saturated carbocycles. The quantitative estimate of drug-likeness (QED) is 0.599. The second-order valence-corrected chi connectivity index (χ2v) is 5.39. The molecular weight excluding hydrogens is 244 g/mol. The van der Waals surface area contributed by atoms with Gasteiger partial charge >= 0.3 is 0 Å². The van der Waals surface area contributed by atoms with Gasteiger partial charge in [-0.05, 0) is 42.4 Å². The van der Waals surface area contributed by atoms with Crippen LogP contribution >= 0.6 is 11.6 Å². The molecule has 0 fully saturated rings. The van der Waals surface area contributed by atoms with E-state index in [2.05, 4.69) is 32.0 Å². The van der Waals surface area contributed by atoms with Crippen molar-refractivity contribution in [3.63, 3.8) is 0 Å². The maximum Gasteiger partial charge on any atom is 0.119 e. The van der Waals surface area contributed by atoms with E-state index in [1.165, 1.54) is 24.8 Å². The summed E-state index contributed by atoms with van der Waals surface area (Å²) in [6.07, 6.45) is 5.87. The van der Waals surface area contributed by atoms with Gasteiger partial charge < -0.3 is 4.74 Å². The van der Waals surface area contributed by atoms with Gasteiger partial charge in [-0.2, -0.15) is 0 Å². The number of hydrogen-bond acceptors (Lipinski definition) is 1. The van der Waals surface area contributed by atoms with Crippen LogP contribution in [0.25, 0.3) is 0 Å². The molecule has 1 atom stereocenters. The molecule has 2 heteroatoms. The zero-order valence-corrected chi connectivity index (χ0v) is 12.6. The standard InChI is InChI=1S/C16H25ClO/c1-4-6-10-16(5-2,13-17)12-14-8-7-9-15(11-14)18-3/h7-9,11H,4-6,10,12-13H2,1-3H3. The van der Waals surface area contributed by atoms with Gasteiger partial charge in [0.25, 0.3) is 0 Å². The summed E-state index contributed by atoms with van der Waals surface area (Å²) < 4.78 is 5.28. The molecule has 0 heterocycles. The van der Waals surface area contributed by atoms with E-state index in [-0.39, 0.29) is 5.41 Å². The third-order valence-corrected chi connectivity index (χ3v) is 4.37.